The molecule has 1 aromatic rings. The number of nitrogens with zero attached hydrogens (tertiary/aromatic N) is 1. The minimum absolute atomic E-state index is 0.00116. The normalized spacial score (nSPS) is 27.4. The predicted molar refractivity (Wildman–Crippen MR) is 77.2 cm³/mol. The van der Waals surface area contributed by atoms with E-state index in [1.54, 1.807) is 24.4 Å². The van der Waals surface area contributed by atoms with Gasteiger partial charge >= 0.3 is 5.97 Å². The van der Waals surface area contributed by atoms with Crippen LogP contribution in [0.25, 0.3) is 0 Å². The highest BCUT2D eigenvalue weighted by molar-refractivity contribution is 5.87. The Hall–Kier alpha value is -2.16. The zero-order chi connectivity index (χ0) is 16.4. The molecule has 0 aliphatic carbocycles. The van der Waals surface area contributed by atoms with Gasteiger partial charge in [0.25, 0.3) is 5.91 Å². The summed E-state index contributed by atoms with van der Waals surface area (Å²) in [6.45, 7) is 0.301. The molecule has 1 amide bonds. The average molecular weight is 322 g/mol. The molecule has 8 nitrogen and oxygen atoms in total. The van der Waals surface area contributed by atoms with E-state index in [0.717, 1.165) is 0 Å². The fraction of sp³-hybridized carbons (Fsp3) is 0.467. The summed E-state index contributed by atoms with van der Waals surface area (Å²) in [4.78, 5) is 28.1. The van der Waals surface area contributed by atoms with Gasteiger partial charge in [0, 0.05) is 25.3 Å². The van der Waals surface area contributed by atoms with Crippen molar-refractivity contribution < 1.29 is 28.9 Å². The summed E-state index contributed by atoms with van der Waals surface area (Å²) in [6.07, 6.45) is 1.21. The number of aromatic nitrogens is 1. The lowest BCUT2D eigenvalue weighted by molar-refractivity contribution is -0.154. The number of aliphatic hydroxyl groups is 1. The summed E-state index contributed by atoms with van der Waals surface area (Å²) in [6, 6.07) is 3.31. The minimum atomic E-state index is -1.10. The molecule has 3 rings (SSSR count). The lowest BCUT2D eigenvalue weighted by Crippen LogP contribution is -2.45. The molecule has 3 unspecified atom stereocenters. The fourth-order valence-electron chi connectivity index (χ4n) is 2.72. The van der Waals surface area contributed by atoms with Crippen LogP contribution in [0.15, 0.2) is 30.0 Å². The van der Waals surface area contributed by atoms with Crippen molar-refractivity contribution in [1.29, 1.82) is 0 Å². The number of methoxy groups -OCH3 is 1. The summed E-state index contributed by atoms with van der Waals surface area (Å²) >= 11 is 0. The molecular weight excluding hydrogens is 304 g/mol. The molecule has 2 N–H and O–H groups in total. The quantitative estimate of drug-likeness (QED) is 0.585. The number of aromatic amines is 1. The molecule has 23 heavy (non-hydrogen) atoms. The summed E-state index contributed by atoms with van der Waals surface area (Å²) < 4.78 is 16.0. The number of hydrogen-bond donors (Lipinski definition) is 2. The van der Waals surface area contributed by atoms with Crippen LogP contribution in [0.1, 0.15) is 16.9 Å². The molecule has 0 radical (unpaired) electrons. The van der Waals surface area contributed by atoms with Crippen molar-refractivity contribution >= 4 is 11.9 Å². The molecule has 1 aromatic heterocycles. The molecule has 0 bridgehead atoms. The van der Waals surface area contributed by atoms with Gasteiger partial charge in [-0.25, -0.2) is 4.79 Å². The van der Waals surface area contributed by atoms with Gasteiger partial charge in [-0.15, -0.1) is 0 Å². The van der Waals surface area contributed by atoms with Gasteiger partial charge in [-0.05, 0) is 12.1 Å². The number of hydrogen-bond acceptors (Lipinski definition) is 6. The Balaban J connectivity index is 1.66. The molecule has 3 heterocycles. The Kier molecular flexibility index (Phi) is 4.46. The van der Waals surface area contributed by atoms with E-state index in [-0.39, 0.29) is 13.0 Å². The number of likely N-dealkylation sites (tertiary alicyclic amines) is 1. The van der Waals surface area contributed by atoms with E-state index in [0.29, 0.717) is 17.9 Å². The lowest BCUT2D eigenvalue weighted by atomic mass is 10.2. The predicted octanol–water partition coefficient (Wildman–Crippen LogP) is 0.0199. The fourth-order valence-corrected chi connectivity index (χ4v) is 2.72. The molecule has 1 fully saturated rings. The van der Waals surface area contributed by atoms with Crippen molar-refractivity contribution in [1.82, 2.24) is 9.88 Å². The second-order valence-electron chi connectivity index (χ2n) is 5.31. The second kappa shape index (κ2) is 6.53. The van der Waals surface area contributed by atoms with Gasteiger partial charge < -0.3 is 24.3 Å². The van der Waals surface area contributed by atoms with E-state index in [2.05, 4.69) is 4.98 Å². The van der Waals surface area contributed by atoms with Crippen LogP contribution in [-0.4, -0.2) is 65.8 Å². The number of rotatable bonds is 5. The third-order valence-corrected chi connectivity index (χ3v) is 3.90. The van der Waals surface area contributed by atoms with Gasteiger partial charge in [-0.3, -0.25) is 9.69 Å². The smallest absolute Gasteiger partial charge is 0.355 e. The van der Waals surface area contributed by atoms with Gasteiger partial charge in [0.2, 0.25) is 0 Å². The van der Waals surface area contributed by atoms with Gasteiger partial charge in [-0.1, -0.05) is 6.08 Å². The van der Waals surface area contributed by atoms with Crippen LogP contribution in [0.2, 0.25) is 0 Å². The van der Waals surface area contributed by atoms with Gasteiger partial charge in [0.05, 0.1) is 6.61 Å². The number of amides is 1. The van der Waals surface area contributed by atoms with Gasteiger partial charge in [0.15, 0.2) is 6.23 Å². The van der Waals surface area contributed by atoms with E-state index >= 15 is 0 Å². The molecular formula is C15H18N2O6. The molecule has 1 saturated heterocycles. The Morgan fingerprint density at radius 3 is 3.09 bits per heavy atom. The first-order chi connectivity index (χ1) is 11.1. The summed E-state index contributed by atoms with van der Waals surface area (Å²) in [5, 5.41) is 9.72. The van der Waals surface area contributed by atoms with E-state index in [9.17, 15) is 14.7 Å². The first-order valence-electron chi connectivity index (χ1n) is 7.26. The first-order valence-corrected chi connectivity index (χ1v) is 7.26. The molecule has 124 valence electrons. The Labute approximate surface area is 132 Å². The molecule has 0 aromatic carbocycles. The lowest BCUT2D eigenvalue weighted by Gasteiger charge is -2.30. The number of carbonyl (C=O) groups is 2. The van der Waals surface area contributed by atoms with Crippen LogP contribution >= 0.6 is 0 Å². The second-order valence-corrected chi connectivity index (χ2v) is 5.31. The van der Waals surface area contributed by atoms with E-state index < -0.39 is 30.4 Å². The number of carbonyl (C=O) groups excluding carboxylic acids is 2. The summed E-state index contributed by atoms with van der Waals surface area (Å²) in [7, 11) is 1.46. The number of ether oxygens (including phenoxy) is 3. The van der Waals surface area contributed by atoms with E-state index in [4.69, 9.17) is 14.2 Å². The monoisotopic (exact) mass is 322 g/mol. The number of aliphatic hydroxyl groups excluding tert-OH is 1. The third kappa shape index (κ3) is 3.00. The zero-order valence-electron chi connectivity index (χ0n) is 12.6. The molecule has 3 atom stereocenters. The van der Waals surface area contributed by atoms with E-state index in [1.165, 1.54) is 12.0 Å². The van der Waals surface area contributed by atoms with Gasteiger partial charge in [-0.2, -0.15) is 0 Å². The molecule has 0 saturated carbocycles. The zero-order valence-corrected chi connectivity index (χ0v) is 12.6. The highest BCUT2D eigenvalue weighted by Crippen LogP contribution is 2.29. The number of nitrogens with one attached hydrogen (secondary N) is 1. The SMILES string of the molecule is COC1CC(O)C(=O)N1C1OCC=C1COC(=O)c1ccc[nH]1. The van der Waals surface area contributed by atoms with Crippen molar-refractivity contribution in [2.45, 2.75) is 25.0 Å². The van der Waals surface area contributed by atoms with Crippen molar-refractivity contribution in [3.05, 3.63) is 35.7 Å². The number of esters is 1. The molecule has 2 aliphatic rings. The van der Waals surface area contributed by atoms with Crippen molar-refractivity contribution in [2.75, 3.05) is 20.3 Å². The van der Waals surface area contributed by atoms with Crippen LogP contribution < -0.4 is 0 Å². The molecule has 2 aliphatic heterocycles. The van der Waals surface area contributed by atoms with Crippen molar-refractivity contribution in [3.8, 4) is 0 Å². The van der Waals surface area contributed by atoms with Crippen molar-refractivity contribution in [3.63, 3.8) is 0 Å². The third-order valence-electron chi connectivity index (χ3n) is 3.90. The van der Waals surface area contributed by atoms with Crippen LogP contribution in [0.4, 0.5) is 0 Å². The van der Waals surface area contributed by atoms with Gasteiger partial charge in [0.1, 0.15) is 24.6 Å². The van der Waals surface area contributed by atoms with E-state index in [1.807, 2.05) is 0 Å². The number of H-pyrrole nitrogens is 1. The first kappa shape index (κ1) is 15.7. The largest absolute Gasteiger partial charge is 0.456 e. The standard InChI is InChI=1S/C15H18N2O6/c1-21-12-7-11(18)13(19)17(12)14-9(4-6-22-14)8-23-15(20)10-3-2-5-16-10/h2-5,11-12,14,16,18H,6-8H2,1H3. The van der Waals surface area contributed by atoms with Crippen LogP contribution in [0.5, 0.6) is 0 Å². The maximum atomic E-state index is 12.1. The minimum Gasteiger partial charge on any atom is -0.456 e. The highest BCUT2D eigenvalue weighted by Gasteiger charge is 2.45. The molecule has 8 heteroatoms. The Morgan fingerprint density at radius 2 is 2.39 bits per heavy atom. The van der Waals surface area contributed by atoms with Crippen LogP contribution in [-0.2, 0) is 19.0 Å². The maximum Gasteiger partial charge on any atom is 0.355 e. The summed E-state index contributed by atoms with van der Waals surface area (Å²) in [5.41, 5.74) is 0.998. The summed E-state index contributed by atoms with van der Waals surface area (Å²) in [5.74, 6) is -0.942. The van der Waals surface area contributed by atoms with Crippen LogP contribution in [0, 0.1) is 0 Å². The van der Waals surface area contributed by atoms with Crippen LogP contribution in [0.3, 0.4) is 0 Å². The molecule has 0 spiro atoms. The topological polar surface area (TPSA) is 101 Å². The maximum absolute atomic E-state index is 12.1. The Bertz CT molecular complexity index is 611. The Morgan fingerprint density at radius 1 is 1.57 bits per heavy atom. The highest BCUT2D eigenvalue weighted by atomic mass is 16.5. The average Bonchev–Trinajstić information content (AvgIpc) is 3.26. The van der Waals surface area contributed by atoms with Crippen molar-refractivity contribution in [2.24, 2.45) is 0 Å².